The fraction of sp³-hybridized carbons (Fsp3) is 0.636. The fourth-order valence-electron chi connectivity index (χ4n) is 2.27. The Morgan fingerprint density at radius 3 is 2.80 bits per heavy atom. The fourth-order valence-corrected chi connectivity index (χ4v) is 2.27. The highest BCUT2D eigenvalue weighted by Gasteiger charge is 2.17. The lowest BCUT2D eigenvalue weighted by molar-refractivity contribution is -0.107. The summed E-state index contributed by atoms with van der Waals surface area (Å²) in [7, 11) is 0. The van der Waals surface area contributed by atoms with Gasteiger partial charge in [-0.3, -0.25) is 9.89 Å². The van der Waals surface area contributed by atoms with Gasteiger partial charge in [-0.1, -0.05) is 19.3 Å². The number of rotatable bonds is 3. The van der Waals surface area contributed by atoms with Crippen LogP contribution in [0.3, 0.4) is 0 Å². The molecule has 2 rings (SSSR count). The van der Waals surface area contributed by atoms with Crippen LogP contribution in [0.2, 0.25) is 0 Å². The van der Waals surface area contributed by atoms with Crippen LogP contribution < -0.4 is 5.56 Å². The van der Waals surface area contributed by atoms with Gasteiger partial charge in [-0.25, -0.2) is 4.68 Å². The minimum absolute atomic E-state index is 0.00116. The third-order valence-corrected chi connectivity index (χ3v) is 3.04. The maximum absolute atomic E-state index is 11.6. The zero-order valence-electron chi connectivity index (χ0n) is 8.74. The first-order chi connectivity index (χ1) is 7.31. The van der Waals surface area contributed by atoms with E-state index in [1.54, 1.807) is 4.68 Å². The third kappa shape index (κ3) is 2.19. The summed E-state index contributed by atoms with van der Waals surface area (Å²) < 4.78 is 1.69. The topological polar surface area (TPSA) is 54.9 Å². The van der Waals surface area contributed by atoms with Gasteiger partial charge in [0, 0.05) is 18.2 Å². The molecule has 1 saturated carbocycles. The van der Waals surface area contributed by atoms with Gasteiger partial charge in [0.25, 0.3) is 5.56 Å². The van der Waals surface area contributed by atoms with E-state index in [0.717, 1.165) is 24.8 Å². The van der Waals surface area contributed by atoms with Gasteiger partial charge in [0.2, 0.25) is 0 Å². The number of carbonyl (C=O) groups excluding carboxylic acids is 1. The van der Waals surface area contributed by atoms with E-state index in [-0.39, 0.29) is 5.56 Å². The first-order valence-corrected chi connectivity index (χ1v) is 5.55. The summed E-state index contributed by atoms with van der Waals surface area (Å²) in [6.45, 7) is 0. The Labute approximate surface area is 88.3 Å². The van der Waals surface area contributed by atoms with E-state index < -0.39 is 0 Å². The molecule has 1 heterocycles. The molecule has 1 aliphatic carbocycles. The van der Waals surface area contributed by atoms with Crippen LogP contribution in [-0.2, 0) is 11.2 Å². The van der Waals surface area contributed by atoms with Crippen molar-refractivity contribution in [2.75, 3.05) is 0 Å². The number of aldehydes is 1. The second-order valence-corrected chi connectivity index (χ2v) is 4.15. The van der Waals surface area contributed by atoms with Crippen molar-refractivity contribution < 1.29 is 4.79 Å². The molecule has 4 nitrogen and oxygen atoms in total. The van der Waals surface area contributed by atoms with E-state index in [2.05, 4.69) is 5.10 Å². The van der Waals surface area contributed by atoms with Crippen molar-refractivity contribution >= 4 is 6.29 Å². The summed E-state index contributed by atoms with van der Waals surface area (Å²) in [5.41, 5.74) is 0.722. The Morgan fingerprint density at radius 2 is 2.13 bits per heavy atom. The summed E-state index contributed by atoms with van der Waals surface area (Å²) in [5.74, 6) is 0. The maximum atomic E-state index is 11.6. The van der Waals surface area contributed by atoms with Gasteiger partial charge < -0.3 is 4.79 Å². The molecule has 1 aliphatic rings. The Balaban J connectivity index is 2.19. The number of hydrogen-bond donors (Lipinski definition) is 1. The Morgan fingerprint density at radius 1 is 1.40 bits per heavy atom. The predicted molar refractivity (Wildman–Crippen MR) is 56.9 cm³/mol. The monoisotopic (exact) mass is 208 g/mol. The quantitative estimate of drug-likeness (QED) is 0.764. The van der Waals surface area contributed by atoms with Crippen LogP contribution in [0, 0.1) is 0 Å². The number of hydrogen-bond acceptors (Lipinski definition) is 2. The number of H-pyrrole nitrogens is 1. The van der Waals surface area contributed by atoms with Crippen molar-refractivity contribution in [2.45, 2.75) is 44.6 Å². The van der Waals surface area contributed by atoms with Gasteiger partial charge in [0.05, 0.1) is 6.04 Å². The molecule has 0 aliphatic heterocycles. The van der Waals surface area contributed by atoms with Crippen LogP contribution in [-0.4, -0.2) is 16.1 Å². The molecule has 4 heteroatoms. The first kappa shape index (κ1) is 10.2. The molecule has 0 spiro atoms. The first-order valence-electron chi connectivity index (χ1n) is 5.55. The van der Waals surface area contributed by atoms with Gasteiger partial charge in [0.15, 0.2) is 0 Å². The molecule has 15 heavy (non-hydrogen) atoms. The largest absolute Gasteiger partial charge is 0.303 e. The van der Waals surface area contributed by atoms with Gasteiger partial charge in [-0.2, -0.15) is 0 Å². The molecule has 1 fully saturated rings. The Hall–Kier alpha value is -1.32. The number of aromatic amines is 1. The van der Waals surface area contributed by atoms with Crippen LogP contribution in [0.15, 0.2) is 10.9 Å². The van der Waals surface area contributed by atoms with E-state index in [4.69, 9.17) is 0 Å². The molecule has 0 bridgehead atoms. The molecule has 0 unspecified atom stereocenters. The SMILES string of the molecule is O=CCc1cc(=O)n(C2CCCCC2)[nH]1. The highest BCUT2D eigenvalue weighted by molar-refractivity contribution is 5.53. The van der Waals surface area contributed by atoms with E-state index in [1.807, 2.05) is 0 Å². The molecule has 0 aromatic carbocycles. The van der Waals surface area contributed by atoms with E-state index >= 15 is 0 Å². The minimum Gasteiger partial charge on any atom is -0.303 e. The molecule has 0 amide bonds. The molecule has 1 aromatic heterocycles. The summed E-state index contributed by atoms with van der Waals surface area (Å²) in [6, 6.07) is 1.84. The number of aromatic nitrogens is 2. The average Bonchev–Trinajstić information content (AvgIpc) is 2.61. The molecule has 0 radical (unpaired) electrons. The summed E-state index contributed by atoms with van der Waals surface area (Å²) in [4.78, 5) is 22.0. The van der Waals surface area contributed by atoms with Crippen molar-refractivity contribution in [3.8, 4) is 0 Å². The van der Waals surface area contributed by atoms with E-state index in [1.165, 1.54) is 25.3 Å². The van der Waals surface area contributed by atoms with E-state index in [9.17, 15) is 9.59 Å². The van der Waals surface area contributed by atoms with Crippen LogP contribution in [0.5, 0.6) is 0 Å². The normalized spacial score (nSPS) is 17.9. The smallest absolute Gasteiger partial charge is 0.266 e. The lowest BCUT2D eigenvalue weighted by atomic mass is 9.96. The van der Waals surface area contributed by atoms with Crippen LogP contribution >= 0.6 is 0 Å². The van der Waals surface area contributed by atoms with Crippen LogP contribution in [0.1, 0.15) is 43.8 Å². The zero-order chi connectivity index (χ0) is 10.7. The van der Waals surface area contributed by atoms with Gasteiger partial charge >= 0.3 is 0 Å². The van der Waals surface area contributed by atoms with Crippen molar-refractivity contribution in [1.82, 2.24) is 9.78 Å². The number of nitrogens with one attached hydrogen (secondary N) is 1. The highest BCUT2D eigenvalue weighted by atomic mass is 16.1. The number of carbonyl (C=O) groups is 1. The molecule has 0 atom stereocenters. The Kier molecular flexibility index (Phi) is 3.04. The standard InChI is InChI=1S/C11H16N2O2/c14-7-6-9-8-11(15)13(12-9)10-4-2-1-3-5-10/h7-8,10,12H,1-6H2. The molecule has 1 N–H and O–H groups in total. The summed E-state index contributed by atoms with van der Waals surface area (Å²) in [6.07, 6.45) is 6.92. The van der Waals surface area contributed by atoms with Crippen LogP contribution in [0.4, 0.5) is 0 Å². The molecular formula is C11H16N2O2. The van der Waals surface area contributed by atoms with Crippen molar-refractivity contribution in [3.63, 3.8) is 0 Å². The molecule has 0 saturated heterocycles. The summed E-state index contributed by atoms with van der Waals surface area (Å²) in [5, 5.41) is 3.02. The van der Waals surface area contributed by atoms with Crippen molar-refractivity contribution in [3.05, 3.63) is 22.1 Å². The highest BCUT2D eigenvalue weighted by Crippen LogP contribution is 2.26. The van der Waals surface area contributed by atoms with Gasteiger partial charge in [-0.15, -0.1) is 0 Å². The second kappa shape index (κ2) is 4.47. The average molecular weight is 208 g/mol. The van der Waals surface area contributed by atoms with Crippen molar-refractivity contribution in [1.29, 1.82) is 0 Å². The predicted octanol–water partition coefficient (Wildman–Crippen LogP) is 1.42. The lowest BCUT2D eigenvalue weighted by Gasteiger charge is -2.21. The maximum Gasteiger partial charge on any atom is 0.266 e. The third-order valence-electron chi connectivity index (χ3n) is 3.04. The van der Waals surface area contributed by atoms with Crippen molar-refractivity contribution in [2.24, 2.45) is 0 Å². The number of nitrogens with zero attached hydrogens (tertiary/aromatic N) is 1. The summed E-state index contributed by atoms with van der Waals surface area (Å²) >= 11 is 0. The van der Waals surface area contributed by atoms with Gasteiger partial charge in [-0.05, 0) is 12.8 Å². The van der Waals surface area contributed by atoms with Gasteiger partial charge in [0.1, 0.15) is 6.29 Å². The second-order valence-electron chi connectivity index (χ2n) is 4.15. The van der Waals surface area contributed by atoms with Crippen LogP contribution in [0.25, 0.3) is 0 Å². The zero-order valence-corrected chi connectivity index (χ0v) is 8.74. The molecule has 82 valence electrons. The minimum atomic E-state index is -0.00116. The lowest BCUT2D eigenvalue weighted by Crippen LogP contribution is -2.23. The molecular weight excluding hydrogens is 192 g/mol. The Bertz CT molecular complexity index is 386. The molecule has 1 aromatic rings. The van der Waals surface area contributed by atoms with E-state index in [0.29, 0.717) is 12.5 Å².